The SMILES string of the molecule is CC(C)=C[C@H]1[C@@H](C(=O)NCc2ccnc(-n3ccnc3C)c2)C1(C)C. The normalized spacial score (nSPS) is 20.8. The molecule has 1 amide bonds. The molecule has 1 N–H and O–H groups in total. The smallest absolute Gasteiger partial charge is 0.224 e. The number of nitrogens with one attached hydrogen (secondary N) is 1. The predicted molar refractivity (Wildman–Crippen MR) is 98.1 cm³/mol. The number of pyridine rings is 1. The summed E-state index contributed by atoms with van der Waals surface area (Å²) in [6.07, 6.45) is 7.63. The number of carbonyl (C=O) groups is 1. The number of aromatic nitrogens is 3. The summed E-state index contributed by atoms with van der Waals surface area (Å²) in [6.45, 7) is 10.9. The fraction of sp³-hybridized carbons (Fsp3) is 0.450. The van der Waals surface area contributed by atoms with Crippen molar-refractivity contribution in [1.82, 2.24) is 19.9 Å². The molecule has 1 saturated carbocycles. The molecule has 0 aliphatic heterocycles. The number of hydrogen-bond donors (Lipinski definition) is 1. The maximum absolute atomic E-state index is 12.6. The van der Waals surface area contributed by atoms with Crippen LogP contribution >= 0.6 is 0 Å². The van der Waals surface area contributed by atoms with Crippen LogP contribution in [0.4, 0.5) is 0 Å². The Morgan fingerprint density at radius 1 is 1.32 bits per heavy atom. The van der Waals surface area contributed by atoms with Crippen molar-refractivity contribution in [3.05, 3.63) is 53.8 Å². The highest BCUT2D eigenvalue weighted by Crippen LogP contribution is 2.59. The van der Waals surface area contributed by atoms with Gasteiger partial charge in [-0.15, -0.1) is 0 Å². The van der Waals surface area contributed by atoms with Gasteiger partial charge in [0, 0.05) is 25.1 Å². The Balaban J connectivity index is 1.66. The van der Waals surface area contributed by atoms with Crippen LogP contribution in [-0.4, -0.2) is 20.4 Å². The zero-order valence-electron chi connectivity index (χ0n) is 15.6. The van der Waals surface area contributed by atoms with Gasteiger partial charge in [-0.05, 0) is 49.8 Å². The van der Waals surface area contributed by atoms with E-state index in [2.05, 4.69) is 49.1 Å². The minimum atomic E-state index is 0.0404. The molecule has 2 aromatic heterocycles. The summed E-state index contributed by atoms with van der Waals surface area (Å²) in [4.78, 5) is 21.2. The molecule has 0 radical (unpaired) electrons. The third-order valence-corrected chi connectivity index (χ3v) is 5.06. The Morgan fingerprint density at radius 3 is 2.72 bits per heavy atom. The maximum Gasteiger partial charge on any atom is 0.224 e. The molecule has 1 fully saturated rings. The molecule has 3 rings (SSSR count). The van der Waals surface area contributed by atoms with Crippen LogP contribution in [-0.2, 0) is 11.3 Å². The van der Waals surface area contributed by atoms with Crippen molar-refractivity contribution in [1.29, 1.82) is 0 Å². The lowest BCUT2D eigenvalue weighted by Gasteiger charge is -2.09. The Kier molecular flexibility index (Phi) is 4.50. The average Bonchev–Trinajstić information content (AvgIpc) is 2.88. The van der Waals surface area contributed by atoms with Crippen LogP contribution in [0, 0.1) is 24.2 Å². The topological polar surface area (TPSA) is 59.8 Å². The number of amides is 1. The molecule has 1 aliphatic rings. The highest BCUT2D eigenvalue weighted by molar-refractivity contribution is 5.83. The number of carbonyl (C=O) groups excluding carboxylic acids is 1. The molecule has 0 spiro atoms. The van der Waals surface area contributed by atoms with Crippen molar-refractivity contribution in [2.24, 2.45) is 17.3 Å². The number of aryl methyl sites for hydroxylation is 1. The lowest BCUT2D eigenvalue weighted by molar-refractivity contribution is -0.123. The van der Waals surface area contributed by atoms with Crippen LogP contribution in [0.2, 0.25) is 0 Å². The van der Waals surface area contributed by atoms with Gasteiger partial charge in [0.25, 0.3) is 0 Å². The van der Waals surface area contributed by atoms with Crippen molar-refractivity contribution < 1.29 is 4.79 Å². The largest absolute Gasteiger partial charge is 0.352 e. The first-order chi connectivity index (χ1) is 11.8. The van der Waals surface area contributed by atoms with Crippen LogP contribution < -0.4 is 5.32 Å². The lowest BCUT2D eigenvalue weighted by atomic mass is 10.1. The fourth-order valence-corrected chi connectivity index (χ4v) is 3.47. The third-order valence-electron chi connectivity index (χ3n) is 5.06. The molecule has 25 heavy (non-hydrogen) atoms. The van der Waals surface area contributed by atoms with Gasteiger partial charge in [-0.25, -0.2) is 9.97 Å². The highest BCUT2D eigenvalue weighted by atomic mass is 16.2. The summed E-state index contributed by atoms with van der Waals surface area (Å²) < 4.78 is 1.93. The molecule has 0 aromatic carbocycles. The summed E-state index contributed by atoms with van der Waals surface area (Å²) in [5, 5.41) is 3.09. The Hall–Kier alpha value is -2.43. The van der Waals surface area contributed by atoms with Gasteiger partial charge in [0.15, 0.2) is 0 Å². The van der Waals surface area contributed by atoms with E-state index >= 15 is 0 Å². The molecular weight excluding hydrogens is 312 g/mol. The predicted octanol–water partition coefficient (Wildman–Crippen LogP) is 3.43. The van der Waals surface area contributed by atoms with E-state index in [0.717, 1.165) is 17.2 Å². The van der Waals surface area contributed by atoms with Crippen molar-refractivity contribution in [2.45, 2.75) is 41.2 Å². The van der Waals surface area contributed by atoms with Crippen molar-refractivity contribution in [3.63, 3.8) is 0 Å². The summed E-state index contributed by atoms with van der Waals surface area (Å²) >= 11 is 0. The molecule has 0 bridgehead atoms. The third kappa shape index (κ3) is 3.50. The molecular formula is C20H26N4O. The van der Waals surface area contributed by atoms with Gasteiger partial charge in [-0.1, -0.05) is 25.5 Å². The van der Waals surface area contributed by atoms with E-state index in [9.17, 15) is 4.79 Å². The van der Waals surface area contributed by atoms with Gasteiger partial charge >= 0.3 is 0 Å². The quantitative estimate of drug-likeness (QED) is 0.850. The van der Waals surface area contributed by atoms with Crippen molar-refractivity contribution in [3.8, 4) is 5.82 Å². The van der Waals surface area contributed by atoms with Gasteiger partial charge in [0.1, 0.15) is 11.6 Å². The average molecular weight is 338 g/mol. The van der Waals surface area contributed by atoms with Gasteiger partial charge in [-0.3, -0.25) is 9.36 Å². The first-order valence-electron chi connectivity index (χ1n) is 8.68. The molecule has 0 saturated heterocycles. The van der Waals surface area contributed by atoms with E-state index in [-0.39, 0.29) is 17.2 Å². The number of allylic oxidation sites excluding steroid dienone is 2. The lowest BCUT2D eigenvalue weighted by Crippen LogP contribution is -2.26. The summed E-state index contributed by atoms with van der Waals surface area (Å²) in [7, 11) is 0. The zero-order chi connectivity index (χ0) is 18.2. The van der Waals surface area contributed by atoms with Gasteiger partial charge < -0.3 is 5.32 Å². The Bertz CT molecular complexity index is 815. The van der Waals surface area contributed by atoms with Gasteiger partial charge in [0.05, 0.1) is 5.92 Å². The van der Waals surface area contributed by atoms with E-state index in [1.807, 2.05) is 29.8 Å². The monoisotopic (exact) mass is 338 g/mol. The maximum atomic E-state index is 12.6. The second kappa shape index (κ2) is 6.47. The van der Waals surface area contributed by atoms with Crippen LogP contribution in [0.25, 0.3) is 5.82 Å². The first-order valence-corrected chi connectivity index (χ1v) is 8.68. The molecule has 5 heteroatoms. The molecule has 5 nitrogen and oxygen atoms in total. The van der Waals surface area contributed by atoms with E-state index in [0.29, 0.717) is 12.5 Å². The van der Waals surface area contributed by atoms with Crippen molar-refractivity contribution in [2.75, 3.05) is 0 Å². The van der Waals surface area contributed by atoms with Crippen LogP contribution in [0.15, 0.2) is 42.4 Å². The molecule has 2 aromatic rings. The van der Waals surface area contributed by atoms with Crippen LogP contribution in [0.3, 0.4) is 0 Å². The molecule has 2 atom stereocenters. The van der Waals surface area contributed by atoms with Gasteiger partial charge in [0.2, 0.25) is 5.91 Å². The zero-order valence-corrected chi connectivity index (χ0v) is 15.6. The van der Waals surface area contributed by atoms with Gasteiger partial charge in [-0.2, -0.15) is 0 Å². The van der Waals surface area contributed by atoms with Crippen molar-refractivity contribution >= 4 is 5.91 Å². The highest BCUT2D eigenvalue weighted by Gasteiger charge is 2.60. The molecule has 1 aliphatic carbocycles. The number of nitrogens with zero attached hydrogens (tertiary/aromatic N) is 3. The van der Waals surface area contributed by atoms with E-state index < -0.39 is 0 Å². The minimum absolute atomic E-state index is 0.0404. The molecule has 132 valence electrons. The summed E-state index contributed by atoms with van der Waals surface area (Å²) in [5.74, 6) is 2.22. The summed E-state index contributed by atoms with van der Waals surface area (Å²) in [5.41, 5.74) is 2.34. The fourth-order valence-electron chi connectivity index (χ4n) is 3.47. The molecule has 2 heterocycles. The number of hydrogen-bond acceptors (Lipinski definition) is 3. The second-order valence-corrected chi connectivity index (χ2v) is 7.65. The summed E-state index contributed by atoms with van der Waals surface area (Å²) in [6, 6.07) is 3.92. The standard InChI is InChI=1S/C20H26N4O/c1-13(2)10-16-18(20(16,4)5)19(25)23-12-15-6-7-22-17(11-15)24-9-8-21-14(24)3/h6-11,16,18H,12H2,1-5H3,(H,23,25)/t16-,18-/m0/s1. The Labute approximate surface area is 149 Å². The van der Waals surface area contributed by atoms with Crippen LogP contribution in [0.5, 0.6) is 0 Å². The Morgan fingerprint density at radius 2 is 2.08 bits per heavy atom. The molecule has 0 unspecified atom stereocenters. The van der Waals surface area contributed by atoms with E-state index in [1.54, 1.807) is 12.4 Å². The van der Waals surface area contributed by atoms with E-state index in [4.69, 9.17) is 0 Å². The second-order valence-electron chi connectivity index (χ2n) is 7.65. The first kappa shape index (κ1) is 17.4. The van der Waals surface area contributed by atoms with E-state index in [1.165, 1.54) is 5.57 Å². The number of imidazole rings is 1. The number of rotatable bonds is 5. The van der Waals surface area contributed by atoms with Crippen LogP contribution in [0.1, 0.15) is 39.1 Å². The minimum Gasteiger partial charge on any atom is -0.352 e.